The molecule has 3 atom stereocenters. The van der Waals surface area contributed by atoms with Crippen LogP contribution in [0.15, 0.2) is 48.5 Å². The van der Waals surface area contributed by atoms with Gasteiger partial charge in [0.25, 0.3) is 0 Å². The van der Waals surface area contributed by atoms with Gasteiger partial charge in [0, 0.05) is 24.6 Å². The molecule has 1 N–H and O–H groups in total. The van der Waals surface area contributed by atoms with Gasteiger partial charge in [-0.25, -0.2) is 4.79 Å². The number of ether oxygens (including phenoxy) is 3. The molecule has 0 amide bonds. The van der Waals surface area contributed by atoms with Gasteiger partial charge >= 0.3 is 5.97 Å². The van der Waals surface area contributed by atoms with E-state index in [0.717, 1.165) is 30.6 Å². The Bertz CT molecular complexity index is 834. The third-order valence-electron chi connectivity index (χ3n) is 5.78. The number of carbonyl (C=O) groups excluding carboxylic acids is 1. The molecule has 2 aliphatic rings. The van der Waals surface area contributed by atoms with Crippen LogP contribution in [-0.4, -0.2) is 49.1 Å². The molecular formula is C23H27NO5. The number of aliphatic hydroxyl groups excluding tert-OH is 1. The molecule has 154 valence electrons. The molecule has 29 heavy (non-hydrogen) atoms. The second-order valence-corrected chi connectivity index (χ2v) is 7.61. The van der Waals surface area contributed by atoms with Crippen molar-refractivity contribution in [3.8, 4) is 5.75 Å². The van der Waals surface area contributed by atoms with Gasteiger partial charge in [-0.2, -0.15) is 0 Å². The van der Waals surface area contributed by atoms with Gasteiger partial charge in [-0.3, -0.25) is 4.90 Å². The maximum atomic E-state index is 11.9. The maximum Gasteiger partial charge on any atom is 0.337 e. The summed E-state index contributed by atoms with van der Waals surface area (Å²) in [6.45, 7) is 2.22. The number of benzene rings is 2. The Balaban J connectivity index is 1.67. The quantitative estimate of drug-likeness (QED) is 0.800. The Labute approximate surface area is 171 Å². The molecular weight excluding hydrogens is 370 g/mol. The second-order valence-electron chi connectivity index (χ2n) is 7.61. The third-order valence-corrected chi connectivity index (χ3v) is 5.78. The van der Waals surface area contributed by atoms with Crippen LogP contribution in [0.2, 0.25) is 0 Å². The van der Waals surface area contributed by atoms with Crippen molar-refractivity contribution in [3.63, 3.8) is 0 Å². The summed E-state index contributed by atoms with van der Waals surface area (Å²) in [4.78, 5) is 14.0. The molecule has 4 rings (SSSR count). The highest BCUT2D eigenvalue weighted by Gasteiger charge is 2.35. The smallest absolute Gasteiger partial charge is 0.337 e. The number of fused-ring (bicyclic) bond motifs is 1. The number of rotatable bonds is 4. The largest absolute Gasteiger partial charge is 0.491 e. The molecule has 1 unspecified atom stereocenters. The number of hydrogen-bond acceptors (Lipinski definition) is 6. The Morgan fingerprint density at radius 3 is 2.76 bits per heavy atom. The van der Waals surface area contributed by atoms with E-state index in [4.69, 9.17) is 14.2 Å². The van der Waals surface area contributed by atoms with Crippen LogP contribution in [0.4, 0.5) is 0 Å². The monoisotopic (exact) mass is 397 g/mol. The summed E-state index contributed by atoms with van der Waals surface area (Å²) in [5.41, 5.74) is 2.48. The van der Waals surface area contributed by atoms with Crippen LogP contribution in [0.1, 0.15) is 40.4 Å². The van der Waals surface area contributed by atoms with Crippen molar-refractivity contribution in [1.29, 1.82) is 0 Å². The fraction of sp³-hybridized carbons (Fsp3) is 0.435. The highest BCUT2D eigenvalue weighted by Crippen LogP contribution is 2.35. The first-order chi connectivity index (χ1) is 14.2. The fourth-order valence-electron chi connectivity index (χ4n) is 4.15. The predicted molar refractivity (Wildman–Crippen MR) is 108 cm³/mol. The molecule has 1 saturated heterocycles. The summed E-state index contributed by atoms with van der Waals surface area (Å²) in [6.07, 6.45) is 1.25. The van der Waals surface area contributed by atoms with Gasteiger partial charge in [-0.15, -0.1) is 0 Å². The van der Waals surface area contributed by atoms with E-state index in [0.29, 0.717) is 31.1 Å². The zero-order chi connectivity index (χ0) is 20.2. The molecule has 6 heteroatoms. The van der Waals surface area contributed by atoms with E-state index in [-0.39, 0.29) is 12.0 Å². The molecule has 2 aromatic carbocycles. The summed E-state index contributed by atoms with van der Waals surface area (Å²) in [7, 11) is 1.37. The number of aliphatic hydroxyl groups is 1. The zero-order valence-corrected chi connectivity index (χ0v) is 16.6. The van der Waals surface area contributed by atoms with E-state index in [9.17, 15) is 9.90 Å². The minimum absolute atomic E-state index is 0.0610. The molecule has 0 saturated carbocycles. The first-order valence-electron chi connectivity index (χ1n) is 10.1. The first kappa shape index (κ1) is 19.9. The minimum atomic E-state index is -0.643. The molecule has 6 nitrogen and oxygen atoms in total. The lowest BCUT2D eigenvalue weighted by Crippen LogP contribution is -2.45. The van der Waals surface area contributed by atoms with Crippen molar-refractivity contribution in [3.05, 3.63) is 65.2 Å². The number of hydrogen-bond donors (Lipinski definition) is 1. The number of nitrogens with zero attached hydrogens (tertiary/aromatic N) is 1. The number of esters is 1. The van der Waals surface area contributed by atoms with Crippen molar-refractivity contribution < 1.29 is 24.1 Å². The maximum absolute atomic E-state index is 11.9. The van der Waals surface area contributed by atoms with Crippen molar-refractivity contribution in [2.45, 2.75) is 31.7 Å². The lowest BCUT2D eigenvalue weighted by atomic mass is 9.96. The molecule has 0 aliphatic carbocycles. The van der Waals surface area contributed by atoms with Gasteiger partial charge in [0.2, 0.25) is 0 Å². The Morgan fingerprint density at radius 1 is 1.21 bits per heavy atom. The van der Waals surface area contributed by atoms with E-state index in [1.54, 1.807) is 12.1 Å². The Hall–Kier alpha value is -2.41. The molecule has 0 aromatic heterocycles. The molecule has 2 heterocycles. The highest BCUT2D eigenvalue weighted by atomic mass is 16.5. The molecule has 2 aromatic rings. The molecule has 0 spiro atoms. The van der Waals surface area contributed by atoms with Gasteiger partial charge < -0.3 is 19.3 Å². The van der Waals surface area contributed by atoms with Crippen molar-refractivity contribution in [2.75, 3.05) is 26.9 Å². The van der Waals surface area contributed by atoms with Crippen LogP contribution in [0.25, 0.3) is 0 Å². The number of carbonyl (C=O) groups is 1. The van der Waals surface area contributed by atoms with E-state index in [2.05, 4.69) is 17.0 Å². The van der Waals surface area contributed by atoms with E-state index in [1.807, 2.05) is 24.3 Å². The predicted octanol–water partition coefficient (Wildman–Crippen LogP) is 3.15. The molecule has 2 aliphatic heterocycles. The lowest BCUT2D eigenvalue weighted by molar-refractivity contribution is -0.109. The van der Waals surface area contributed by atoms with Crippen molar-refractivity contribution >= 4 is 5.97 Å². The molecule has 0 bridgehead atoms. The molecule has 1 fully saturated rings. The summed E-state index contributed by atoms with van der Waals surface area (Å²) in [6, 6.07) is 15.3. The van der Waals surface area contributed by atoms with Gasteiger partial charge in [0.15, 0.2) is 0 Å². The topological polar surface area (TPSA) is 68.2 Å². The number of methoxy groups -OCH3 is 1. The summed E-state index contributed by atoms with van der Waals surface area (Å²) in [5, 5.41) is 11.3. The van der Waals surface area contributed by atoms with Gasteiger partial charge in [0.1, 0.15) is 18.6 Å². The SMILES string of the molecule is COC(=O)c1ccc2c(c1)OC[C@H](c1ccccc1)N(C(O)[C@@H]1CCCOC1)C2. The normalized spacial score (nSPS) is 23.4. The van der Waals surface area contributed by atoms with Gasteiger partial charge in [0.05, 0.1) is 25.3 Å². The summed E-state index contributed by atoms with van der Waals surface area (Å²) >= 11 is 0. The van der Waals surface area contributed by atoms with Crippen LogP contribution in [0.3, 0.4) is 0 Å². The Kier molecular flexibility index (Phi) is 6.13. The standard InChI is InChI=1S/C23H27NO5/c1-27-23(26)17-9-10-18-13-24(22(25)19-8-5-11-28-14-19)20(15-29-21(18)12-17)16-6-3-2-4-7-16/h2-4,6-7,9-10,12,19-20,22,25H,5,8,11,13-15H2,1H3/t19-,20-,22?/m1/s1. The van der Waals surface area contributed by atoms with Crippen molar-refractivity contribution in [1.82, 2.24) is 4.90 Å². The second kappa shape index (κ2) is 8.95. The lowest BCUT2D eigenvalue weighted by Gasteiger charge is -2.38. The van der Waals surface area contributed by atoms with E-state index >= 15 is 0 Å². The summed E-state index contributed by atoms with van der Waals surface area (Å²) in [5.74, 6) is 0.325. The highest BCUT2D eigenvalue weighted by molar-refractivity contribution is 5.89. The zero-order valence-electron chi connectivity index (χ0n) is 16.6. The average molecular weight is 397 g/mol. The van der Waals surface area contributed by atoms with Crippen LogP contribution in [0.5, 0.6) is 5.75 Å². The van der Waals surface area contributed by atoms with Crippen LogP contribution < -0.4 is 4.74 Å². The van der Waals surface area contributed by atoms with Crippen LogP contribution in [0, 0.1) is 5.92 Å². The molecule has 0 radical (unpaired) electrons. The average Bonchev–Trinajstić information content (AvgIpc) is 2.98. The fourth-order valence-corrected chi connectivity index (χ4v) is 4.15. The minimum Gasteiger partial charge on any atom is -0.491 e. The van der Waals surface area contributed by atoms with E-state index < -0.39 is 12.2 Å². The van der Waals surface area contributed by atoms with Gasteiger partial charge in [-0.05, 0) is 30.5 Å². The summed E-state index contributed by atoms with van der Waals surface area (Å²) < 4.78 is 16.6. The first-order valence-corrected chi connectivity index (χ1v) is 10.1. The van der Waals surface area contributed by atoms with Gasteiger partial charge in [-0.1, -0.05) is 36.4 Å². The van der Waals surface area contributed by atoms with E-state index in [1.165, 1.54) is 7.11 Å². The third kappa shape index (κ3) is 4.29. The van der Waals surface area contributed by atoms with Crippen molar-refractivity contribution in [2.24, 2.45) is 5.92 Å². The van der Waals surface area contributed by atoms with Crippen LogP contribution >= 0.6 is 0 Å². The van der Waals surface area contributed by atoms with Crippen LogP contribution in [-0.2, 0) is 16.0 Å². The Morgan fingerprint density at radius 2 is 2.03 bits per heavy atom.